The number of amides is 1. The molecule has 0 aliphatic rings. The zero-order chi connectivity index (χ0) is 17.2. The van der Waals surface area contributed by atoms with Gasteiger partial charge in [-0.05, 0) is 24.1 Å². The number of carbonyl (C=O) groups excluding carboxylic acids is 1. The number of anilines is 1. The normalized spacial score (nSPS) is 11.0. The van der Waals surface area contributed by atoms with E-state index in [9.17, 15) is 4.79 Å². The van der Waals surface area contributed by atoms with Crippen molar-refractivity contribution in [3.63, 3.8) is 0 Å². The SMILES string of the molecule is CCC/C(=N\NC(=O)CNc1ccccc1OC)c1ccccc1. The number of ether oxygens (including phenoxy) is 1. The number of hydrogen-bond donors (Lipinski definition) is 2. The Morgan fingerprint density at radius 2 is 1.79 bits per heavy atom. The van der Waals surface area contributed by atoms with Gasteiger partial charge in [0, 0.05) is 0 Å². The topological polar surface area (TPSA) is 62.7 Å². The van der Waals surface area contributed by atoms with Crippen molar-refractivity contribution < 1.29 is 9.53 Å². The molecule has 0 unspecified atom stereocenters. The highest BCUT2D eigenvalue weighted by atomic mass is 16.5. The van der Waals surface area contributed by atoms with E-state index in [0.29, 0.717) is 5.75 Å². The minimum absolute atomic E-state index is 0.123. The van der Waals surface area contributed by atoms with Crippen LogP contribution in [0.3, 0.4) is 0 Å². The molecular formula is C19H23N3O2. The molecule has 126 valence electrons. The van der Waals surface area contributed by atoms with E-state index in [1.165, 1.54) is 0 Å². The second-order valence-corrected chi connectivity index (χ2v) is 5.26. The number of nitrogens with zero attached hydrogens (tertiary/aromatic N) is 1. The van der Waals surface area contributed by atoms with Crippen molar-refractivity contribution in [3.05, 3.63) is 60.2 Å². The van der Waals surface area contributed by atoms with Gasteiger partial charge in [0.2, 0.25) is 0 Å². The summed E-state index contributed by atoms with van der Waals surface area (Å²) in [4.78, 5) is 12.0. The molecule has 2 N–H and O–H groups in total. The van der Waals surface area contributed by atoms with Crippen LogP contribution in [0.1, 0.15) is 25.3 Å². The van der Waals surface area contributed by atoms with E-state index in [1.54, 1.807) is 7.11 Å². The molecule has 0 aliphatic carbocycles. The van der Waals surface area contributed by atoms with E-state index >= 15 is 0 Å². The summed E-state index contributed by atoms with van der Waals surface area (Å²) in [5.74, 6) is 0.496. The maximum absolute atomic E-state index is 12.0. The molecule has 1 amide bonds. The van der Waals surface area contributed by atoms with Gasteiger partial charge in [-0.15, -0.1) is 0 Å². The Hall–Kier alpha value is -2.82. The summed E-state index contributed by atoms with van der Waals surface area (Å²) in [7, 11) is 1.60. The molecule has 0 fully saturated rings. The molecule has 24 heavy (non-hydrogen) atoms. The van der Waals surface area contributed by atoms with Gasteiger partial charge < -0.3 is 10.1 Å². The van der Waals surface area contributed by atoms with Crippen LogP contribution >= 0.6 is 0 Å². The van der Waals surface area contributed by atoms with Crippen LogP contribution in [0.2, 0.25) is 0 Å². The zero-order valence-electron chi connectivity index (χ0n) is 14.1. The second-order valence-electron chi connectivity index (χ2n) is 5.26. The molecule has 5 heteroatoms. The lowest BCUT2D eigenvalue weighted by molar-refractivity contribution is -0.119. The Bertz CT molecular complexity index is 684. The van der Waals surface area contributed by atoms with E-state index in [2.05, 4.69) is 22.8 Å². The predicted molar refractivity (Wildman–Crippen MR) is 97.5 cm³/mol. The number of carbonyl (C=O) groups is 1. The fourth-order valence-electron chi connectivity index (χ4n) is 2.27. The first kappa shape index (κ1) is 17.5. The van der Waals surface area contributed by atoms with Crippen molar-refractivity contribution in [1.82, 2.24) is 5.43 Å². The van der Waals surface area contributed by atoms with Crippen LogP contribution in [0.15, 0.2) is 59.7 Å². The summed E-state index contributed by atoms with van der Waals surface area (Å²) < 4.78 is 5.24. The first-order chi connectivity index (χ1) is 11.7. The number of hydrazone groups is 1. The first-order valence-corrected chi connectivity index (χ1v) is 8.02. The third-order valence-corrected chi connectivity index (χ3v) is 3.46. The van der Waals surface area contributed by atoms with Crippen LogP contribution in [0.25, 0.3) is 0 Å². The van der Waals surface area contributed by atoms with Crippen LogP contribution in [0.5, 0.6) is 5.75 Å². The van der Waals surface area contributed by atoms with Crippen LogP contribution in [-0.4, -0.2) is 25.3 Å². The van der Waals surface area contributed by atoms with Crippen LogP contribution in [0, 0.1) is 0 Å². The predicted octanol–water partition coefficient (Wildman–Crippen LogP) is 3.43. The highest BCUT2D eigenvalue weighted by Gasteiger charge is 2.06. The number of nitrogens with one attached hydrogen (secondary N) is 2. The summed E-state index contributed by atoms with van der Waals surface area (Å²) in [6.45, 7) is 2.21. The van der Waals surface area contributed by atoms with Gasteiger partial charge in [-0.25, -0.2) is 5.43 Å². The molecule has 0 aromatic heterocycles. The second kappa shape index (κ2) is 9.35. The lowest BCUT2D eigenvalue weighted by Crippen LogP contribution is -2.27. The van der Waals surface area contributed by atoms with E-state index < -0.39 is 0 Å². The highest BCUT2D eigenvalue weighted by molar-refractivity contribution is 6.01. The summed E-state index contributed by atoms with van der Waals surface area (Å²) in [6.07, 6.45) is 1.77. The van der Waals surface area contributed by atoms with Crippen LogP contribution in [-0.2, 0) is 4.79 Å². The summed E-state index contributed by atoms with van der Waals surface area (Å²) >= 11 is 0. The summed E-state index contributed by atoms with van der Waals surface area (Å²) in [5, 5.41) is 7.34. The third-order valence-electron chi connectivity index (χ3n) is 3.46. The molecule has 0 atom stereocenters. The van der Waals surface area contributed by atoms with Crippen LogP contribution < -0.4 is 15.5 Å². The maximum Gasteiger partial charge on any atom is 0.259 e. The Labute approximate surface area is 142 Å². The van der Waals surface area contributed by atoms with Gasteiger partial charge in [0.1, 0.15) is 5.75 Å². The molecule has 0 spiro atoms. The minimum atomic E-state index is -0.203. The molecule has 2 rings (SSSR count). The summed E-state index contributed by atoms with van der Waals surface area (Å²) in [5.41, 5.74) is 5.30. The van der Waals surface area contributed by atoms with Crippen molar-refractivity contribution >= 4 is 17.3 Å². The molecule has 2 aromatic rings. The van der Waals surface area contributed by atoms with E-state index in [-0.39, 0.29) is 12.5 Å². The Kier molecular flexibility index (Phi) is 6.83. The average Bonchev–Trinajstić information content (AvgIpc) is 2.64. The molecular weight excluding hydrogens is 302 g/mol. The van der Waals surface area contributed by atoms with Crippen molar-refractivity contribution in [2.45, 2.75) is 19.8 Å². The molecule has 0 heterocycles. The highest BCUT2D eigenvalue weighted by Crippen LogP contribution is 2.22. The maximum atomic E-state index is 12.0. The average molecular weight is 325 g/mol. The molecule has 0 bridgehead atoms. The lowest BCUT2D eigenvalue weighted by Gasteiger charge is -2.10. The van der Waals surface area contributed by atoms with Crippen molar-refractivity contribution in [2.24, 2.45) is 5.10 Å². The molecule has 0 saturated heterocycles. The number of rotatable bonds is 8. The molecule has 2 aromatic carbocycles. The third kappa shape index (κ3) is 5.12. The Balaban J connectivity index is 1.95. The molecule has 0 radical (unpaired) electrons. The fraction of sp³-hybridized carbons (Fsp3) is 0.263. The van der Waals surface area contributed by atoms with Gasteiger partial charge in [0.25, 0.3) is 5.91 Å². The van der Waals surface area contributed by atoms with E-state index in [4.69, 9.17) is 4.74 Å². The lowest BCUT2D eigenvalue weighted by atomic mass is 10.1. The quantitative estimate of drug-likeness (QED) is 0.577. The first-order valence-electron chi connectivity index (χ1n) is 8.02. The number of para-hydroxylation sites is 2. The summed E-state index contributed by atoms with van der Waals surface area (Å²) in [6, 6.07) is 17.3. The molecule has 5 nitrogen and oxygen atoms in total. The van der Waals surface area contributed by atoms with Gasteiger partial charge in [-0.3, -0.25) is 4.79 Å². The number of benzene rings is 2. The zero-order valence-corrected chi connectivity index (χ0v) is 14.1. The van der Waals surface area contributed by atoms with Crippen LogP contribution in [0.4, 0.5) is 5.69 Å². The van der Waals surface area contributed by atoms with E-state index in [1.807, 2.05) is 54.6 Å². The Morgan fingerprint density at radius 1 is 1.08 bits per heavy atom. The van der Waals surface area contributed by atoms with Gasteiger partial charge in [-0.1, -0.05) is 55.8 Å². The van der Waals surface area contributed by atoms with Gasteiger partial charge in [0.15, 0.2) is 0 Å². The van der Waals surface area contributed by atoms with E-state index in [0.717, 1.165) is 29.8 Å². The monoisotopic (exact) mass is 325 g/mol. The van der Waals surface area contributed by atoms with Crippen molar-refractivity contribution in [3.8, 4) is 5.75 Å². The van der Waals surface area contributed by atoms with Crippen molar-refractivity contribution in [1.29, 1.82) is 0 Å². The van der Waals surface area contributed by atoms with Gasteiger partial charge in [0.05, 0.1) is 25.1 Å². The van der Waals surface area contributed by atoms with Gasteiger partial charge >= 0.3 is 0 Å². The smallest absolute Gasteiger partial charge is 0.259 e. The standard InChI is InChI=1S/C19H23N3O2/c1-3-9-16(15-10-5-4-6-11-15)21-22-19(23)14-20-17-12-7-8-13-18(17)24-2/h4-8,10-13,20H,3,9,14H2,1-2H3,(H,22,23)/b21-16+. The molecule has 0 saturated carbocycles. The van der Waals surface area contributed by atoms with Crippen molar-refractivity contribution in [2.75, 3.05) is 19.0 Å². The minimum Gasteiger partial charge on any atom is -0.495 e. The fourth-order valence-corrected chi connectivity index (χ4v) is 2.27. The molecule has 0 aliphatic heterocycles. The largest absolute Gasteiger partial charge is 0.495 e. The number of methoxy groups -OCH3 is 1. The number of hydrogen-bond acceptors (Lipinski definition) is 4. The van der Waals surface area contributed by atoms with Gasteiger partial charge in [-0.2, -0.15) is 5.10 Å². The Morgan fingerprint density at radius 3 is 2.50 bits per heavy atom.